The molecule has 88 valence electrons. The van der Waals surface area contributed by atoms with E-state index in [4.69, 9.17) is 11.6 Å². The van der Waals surface area contributed by atoms with Gasteiger partial charge in [0.2, 0.25) is 0 Å². The highest BCUT2D eigenvalue weighted by Crippen LogP contribution is 2.26. The van der Waals surface area contributed by atoms with Gasteiger partial charge >= 0.3 is 0 Å². The van der Waals surface area contributed by atoms with E-state index in [2.05, 4.69) is 21.8 Å². The lowest BCUT2D eigenvalue weighted by Crippen LogP contribution is -2.39. The molecule has 1 N–H and O–H groups in total. The van der Waals surface area contributed by atoms with Gasteiger partial charge in [-0.05, 0) is 6.42 Å². The third-order valence-electron chi connectivity index (χ3n) is 2.67. The fraction of sp³-hybridized carbons (Fsp3) is 0.600. The number of rotatable bonds is 2. The van der Waals surface area contributed by atoms with Crippen LogP contribution in [0.1, 0.15) is 13.3 Å². The lowest BCUT2D eigenvalue weighted by Gasteiger charge is -2.32. The molecule has 1 aromatic heterocycles. The van der Waals surface area contributed by atoms with Gasteiger partial charge in [-0.2, -0.15) is 11.8 Å². The molecule has 1 saturated heterocycles. The van der Waals surface area contributed by atoms with Crippen LogP contribution < -0.4 is 10.5 Å². The second-order valence-corrected chi connectivity index (χ2v) is 5.50. The van der Waals surface area contributed by atoms with E-state index >= 15 is 0 Å². The molecule has 0 spiro atoms. The minimum Gasteiger partial charge on any atom is -0.353 e. The number of nitrogens with one attached hydrogen (secondary N) is 1. The largest absolute Gasteiger partial charge is 0.353 e. The number of aromatic amines is 1. The highest BCUT2D eigenvalue weighted by atomic mass is 35.5. The van der Waals surface area contributed by atoms with Crippen LogP contribution in [0.3, 0.4) is 0 Å². The highest BCUT2D eigenvalue weighted by Gasteiger charge is 2.22. The Morgan fingerprint density at radius 3 is 3.31 bits per heavy atom. The van der Waals surface area contributed by atoms with E-state index in [1.165, 1.54) is 6.33 Å². The van der Waals surface area contributed by atoms with Gasteiger partial charge in [-0.3, -0.25) is 4.79 Å². The maximum absolute atomic E-state index is 11.4. The number of aromatic nitrogens is 2. The number of thioether (sulfide) groups is 1. The molecular formula is C10H14ClN3OS. The number of halogens is 1. The first-order valence-corrected chi connectivity index (χ1v) is 6.74. The van der Waals surface area contributed by atoms with Crippen LogP contribution >= 0.6 is 23.4 Å². The van der Waals surface area contributed by atoms with Gasteiger partial charge in [-0.1, -0.05) is 18.5 Å². The Kier molecular flexibility index (Phi) is 3.76. The van der Waals surface area contributed by atoms with E-state index in [9.17, 15) is 4.79 Å². The molecule has 2 heterocycles. The van der Waals surface area contributed by atoms with Gasteiger partial charge < -0.3 is 9.88 Å². The van der Waals surface area contributed by atoms with Crippen LogP contribution in [0.4, 0.5) is 5.82 Å². The first-order valence-electron chi connectivity index (χ1n) is 5.32. The Labute approximate surface area is 103 Å². The third kappa shape index (κ3) is 2.35. The zero-order valence-corrected chi connectivity index (χ0v) is 10.6. The third-order valence-corrected chi connectivity index (χ3v) is 4.38. The van der Waals surface area contributed by atoms with Crippen molar-refractivity contribution in [2.24, 2.45) is 0 Å². The molecule has 0 amide bonds. The van der Waals surface area contributed by atoms with E-state index in [0.29, 0.717) is 11.1 Å². The minimum absolute atomic E-state index is 0.198. The zero-order chi connectivity index (χ0) is 11.5. The number of hydrogen-bond donors (Lipinski definition) is 1. The summed E-state index contributed by atoms with van der Waals surface area (Å²) in [6, 6.07) is 0. The van der Waals surface area contributed by atoms with Gasteiger partial charge in [0.1, 0.15) is 5.02 Å². The van der Waals surface area contributed by atoms with Crippen molar-refractivity contribution in [1.29, 1.82) is 0 Å². The standard InChI is InChI=1S/C10H14ClN3OS/c1-2-7-5-14(3-4-16-7)9-8(11)10(15)13-6-12-9/h6-7H,2-5H2,1H3,(H,12,13,15). The molecule has 1 atom stereocenters. The Bertz CT molecular complexity index is 423. The summed E-state index contributed by atoms with van der Waals surface area (Å²) in [7, 11) is 0. The molecule has 16 heavy (non-hydrogen) atoms. The Morgan fingerprint density at radius 1 is 1.75 bits per heavy atom. The number of hydrogen-bond acceptors (Lipinski definition) is 4. The molecule has 1 fully saturated rings. The van der Waals surface area contributed by atoms with Gasteiger partial charge in [0, 0.05) is 24.1 Å². The van der Waals surface area contributed by atoms with E-state index in [0.717, 1.165) is 25.3 Å². The molecule has 0 saturated carbocycles. The quantitative estimate of drug-likeness (QED) is 0.879. The summed E-state index contributed by atoms with van der Waals surface area (Å²) < 4.78 is 0. The number of H-pyrrole nitrogens is 1. The van der Waals surface area contributed by atoms with Crippen molar-refractivity contribution in [1.82, 2.24) is 9.97 Å². The normalized spacial score (nSPS) is 21.1. The van der Waals surface area contributed by atoms with Crippen LogP contribution in [0.5, 0.6) is 0 Å². The second-order valence-electron chi connectivity index (χ2n) is 3.72. The van der Waals surface area contributed by atoms with Gasteiger partial charge in [0.15, 0.2) is 5.82 Å². The summed E-state index contributed by atoms with van der Waals surface area (Å²) in [5, 5.41) is 0.801. The van der Waals surface area contributed by atoms with Crippen LogP contribution in [0.15, 0.2) is 11.1 Å². The Hall–Kier alpha value is -0.680. The van der Waals surface area contributed by atoms with Crippen LogP contribution in [-0.2, 0) is 0 Å². The second kappa shape index (κ2) is 5.10. The predicted molar refractivity (Wildman–Crippen MR) is 68.6 cm³/mol. The van der Waals surface area contributed by atoms with Crippen LogP contribution in [-0.4, -0.2) is 34.1 Å². The number of anilines is 1. The van der Waals surface area contributed by atoms with E-state index in [1.807, 2.05) is 11.8 Å². The fourth-order valence-electron chi connectivity index (χ4n) is 1.75. The van der Waals surface area contributed by atoms with Crippen molar-refractivity contribution in [3.63, 3.8) is 0 Å². The zero-order valence-electron chi connectivity index (χ0n) is 9.07. The molecule has 1 aliphatic heterocycles. The predicted octanol–water partition coefficient (Wildman–Crippen LogP) is 1.76. The molecule has 0 bridgehead atoms. The molecule has 2 rings (SSSR count). The van der Waals surface area contributed by atoms with Crippen LogP contribution in [0, 0.1) is 0 Å². The molecule has 0 aliphatic carbocycles. The molecule has 1 aromatic rings. The monoisotopic (exact) mass is 259 g/mol. The minimum atomic E-state index is -0.266. The van der Waals surface area contributed by atoms with Crippen LogP contribution in [0.25, 0.3) is 0 Å². The average Bonchev–Trinajstić information content (AvgIpc) is 2.33. The average molecular weight is 260 g/mol. The van der Waals surface area contributed by atoms with Crippen molar-refractivity contribution in [2.45, 2.75) is 18.6 Å². The molecule has 4 nitrogen and oxygen atoms in total. The molecular weight excluding hydrogens is 246 g/mol. The van der Waals surface area contributed by atoms with Gasteiger partial charge in [-0.15, -0.1) is 0 Å². The van der Waals surface area contributed by atoms with E-state index < -0.39 is 0 Å². The molecule has 0 radical (unpaired) electrons. The van der Waals surface area contributed by atoms with Crippen molar-refractivity contribution >= 4 is 29.2 Å². The van der Waals surface area contributed by atoms with Crippen LogP contribution in [0.2, 0.25) is 5.02 Å². The number of nitrogens with zero attached hydrogens (tertiary/aromatic N) is 2. The summed E-state index contributed by atoms with van der Waals surface area (Å²) in [6.45, 7) is 3.99. The summed E-state index contributed by atoms with van der Waals surface area (Å²) in [5.74, 6) is 1.67. The molecule has 1 aliphatic rings. The SMILES string of the molecule is CCC1CN(c2nc[nH]c(=O)c2Cl)CCS1. The summed E-state index contributed by atoms with van der Waals surface area (Å²) in [6.07, 6.45) is 2.54. The fourth-order valence-corrected chi connectivity index (χ4v) is 3.16. The van der Waals surface area contributed by atoms with E-state index in [1.54, 1.807) is 0 Å². The summed E-state index contributed by atoms with van der Waals surface area (Å²) in [4.78, 5) is 20.1. The topological polar surface area (TPSA) is 49.0 Å². The highest BCUT2D eigenvalue weighted by molar-refractivity contribution is 8.00. The summed E-state index contributed by atoms with van der Waals surface area (Å²) >= 11 is 7.94. The molecule has 6 heteroatoms. The van der Waals surface area contributed by atoms with Crippen molar-refractivity contribution in [3.05, 3.63) is 21.7 Å². The smallest absolute Gasteiger partial charge is 0.271 e. The van der Waals surface area contributed by atoms with Crippen molar-refractivity contribution < 1.29 is 0 Å². The van der Waals surface area contributed by atoms with Gasteiger partial charge in [0.25, 0.3) is 5.56 Å². The molecule has 1 unspecified atom stereocenters. The van der Waals surface area contributed by atoms with E-state index in [-0.39, 0.29) is 10.6 Å². The first-order chi connectivity index (χ1) is 7.72. The Balaban J connectivity index is 2.23. The van der Waals surface area contributed by atoms with Gasteiger partial charge in [0.05, 0.1) is 6.33 Å². The Morgan fingerprint density at radius 2 is 2.56 bits per heavy atom. The van der Waals surface area contributed by atoms with Crippen molar-refractivity contribution in [3.8, 4) is 0 Å². The summed E-state index contributed by atoms with van der Waals surface area (Å²) in [5.41, 5.74) is -0.266. The van der Waals surface area contributed by atoms with Gasteiger partial charge in [-0.25, -0.2) is 4.98 Å². The van der Waals surface area contributed by atoms with Crippen molar-refractivity contribution in [2.75, 3.05) is 23.7 Å². The lowest BCUT2D eigenvalue weighted by atomic mass is 10.3. The molecule has 0 aromatic carbocycles. The lowest BCUT2D eigenvalue weighted by molar-refractivity contribution is 0.718. The maximum atomic E-state index is 11.4. The first kappa shape index (κ1) is 11.8. The maximum Gasteiger partial charge on any atom is 0.271 e.